The van der Waals surface area contributed by atoms with Gasteiger partial charge in [0.05, 0.1) is 6.54 Å². The van der Waals surface area contributed by atoms with Crippen LogP contribution in [0.3, 0.4) is 0 Å². The van der Waals surface area contributed by atoms with Crippen LogP contribution in [0, 0.1) is 0 Å². The molecule has 0 unspecified atom stereocenters. The summed E-state index contributed by atoms with van der Waals surface area (Å²) in [7, 11) is 3.60. The number of aromatic nitrogens is 3. The standard InChI is InChI=1S/C19H22N6O.HI/c1-20-19(22-13-18-23-14-24-25(18)2)21-12-15-8-10-17(11-9-15)26-16-6-4-3-5-7-16;/h3-11,14H,12-13H2,1-2H3,(H2,20,21,22);1H. The second-order valence-electron chi connectivity index (χ2n) is 5.64. The van der Waals surface area contributed by atoms with Gasteiger partial charge in [-0.1, -0.05) is 30.3 Å². The summed E-state index contributed by atoms with van der Waals surface area (Å²) in [4.78, 5) is 8.39. The normalized spacial score (nSPS) is 10.8. The van der Waals surface area contributed by atoms with E-state index in [4.69, 9.17) is 4.74 Å². The fourth-order valence-corrected chi connectivity index (χ4v) is 2.35. The zero-order chi connectivity index (χ0) is 18.2. The summed E-state index contributed by atoms with van der Waals surface area (Å²) in [6, 6.07) is 17.7. The number of para-hydroxylation sites is 1. The van der Waals surface area contributed by atoms with Crippen molar-refractivity contribution in [2.45, 2.75) is 13.1 Å². The van der Waals surface area contributed by atoms with Gasteiger partial charge in [-0.15, -0.1) is 24.0 Å². The van der Waals surface area contributed by atoms with Gasteiger partial charge >= 0.3 is 0 Å². The lowest BCUT2D eigenvalue weighted by Crippen LogP contribution is -2.36. The van der Waals surface area contributed by atoms with E-state index in [0.29, 0.717) is 19.0 Å². The van der Waals surface area contributed by atoms with E-state index in [1.165, 1.54) is 6.33 Å². The summed E-state index contributed by atoms with van der Waals surface area (Å²) in [5, 5.41) is 10.5. The van der Waals surface area contributed by atoms with Crippen LogP contribution in [0.2, 0.25) is 0 Å². The van der Waals surface area contributed by atoms with E-state index >= 15 is 0 Å². The van der Waals surface area contributed by atoms with Crippen molar-refractivity contribution in [3.05, 3.63) is 72.3 Å². The predicted octanol–water partition coefficient (Wildman–Crippen LogP) is 3.09. The molecule has 0 aliphatic heterocycles. The fraction of sp³-hybridized carbons (Fsp3) is 0.211. The molecule has 0 amide bonds. The maximum absolute atomic E-state index is 5.80. The predicted molar refractivity (Wildman–Crippen MR) is 116 cm³/mol. The van der Waals surface area contributed by atoms with Crippen molar-refractivity contribution in [2.75, 3.05) is 7.05 Å². The Morgan fingerprint density at radius 3 is 2.30 bits per heavy atom. The van der Waals surface area contributed by atoms with Gasteiger partial charge in [0.1, 0.15) is 23.7 Å². The molecular formula is C19H23IN6O. The first-order valence-electron chi connectivity index (χ1n) is 8.34. The van der Waals surface area contributed by atoms with Crippen LogP contribution < -0.4 is 15.4 Å². The third kappa shape index (κ3) is 6.24. The monoisotopic (exact) mass is 478 g/mol. The minimum atomic E-state index is 0. The highest BCUT2D eigenvalue weighted by Gasteiger charge is 2.03. The van der Waals surface area contributed by atoms with Crippen molar-refractivity contribution in [3.63, 3.8) is 0 Å². The molecule has 3 rings (SSSR count). The Balaban J connectivity index is 0.00000261. The minimum Gasteiger partial charge on any atom is -0.457 e. The molecule has 2 N–H and O–H groups in total. The molecule has 0 saturated heterocycles. The lowest BCUT2D eigenvalue weighted by atomic mass is 10.2. The lowest BCUT2D eigenvalue weighted by Gasteiger charge is -2.12. The Bertz CT molecular complexity index is 848. The quantitative estimate of drug-likeness (QED) is 0.324. The van der Waals surface area contributed by atoms with Gasteiger partial charge in [0.2, 0.25) is 0 Å². The molecule has 0 aliphatic carbocycles. The Morgan fingerprint density at radius 2 is 1.67 bits per heavy atom. The molecule has 0 saturated carbocycles. The molecule has 0 fully saturated rings. The summed E-state index contributed by atoms with van der Waals surface area (Å²) in [5.74, 6) is 3.18. The second kappa shape index (κ2) is 10.5. The number of ether oxygens (including phenoxy) is 1. The van der Waals surface area contributed by atoms with Crippen LogP contribution >= 0.6 is 24.0 Å². The number of nitrogens with one attached hydrogen (secondary N) is 2. The zero-order valence-corrected chi connectivity index (χ0v) is 17.6. The number of hydrogen-bond donors (Lipinski definition) is 2. The van der Waals surface area contributed by atoms with Gasteiger partial charge in [0.15, 0.2) is 5.96 Å². The minimum absolute atomic E-state index is 0. The van der Waals surface area contributed by atoms with Gasteiger partial charge in [0.25, 0.3) is 0 Å². The summed E-state index contributed by atoms with van der Waals surface area (Å²) in [6.07, 6.45) is 1.53. The molecule has 0 radical (unpaired) electrons. The van der Waals surface area contributed by atoms with Gasteiger partial charge in [0, 0.05) is 20.6 Å². The average molecular weight is 478 g/mol. The van der Waals surface area contributed by atoms with Crippen molar-refractivity contribution >= 4 is 29.9 Å². The number of benzene rings is 2. The Hall–Kier alpha value is -2.62. The van der Waals surface area contributed by atoms with E-state index in [1.54, 1.807) is 11.7 Å². The van der Waals surface area contributed by atoms with Gasteiger partial charge in [-0.25, -0.2) is 4.98 Å². The number of nitrogens with zero attached hydrogens (tertiary/aromatic N) is 4. The molecule has 7 nitrogen and oxygen atoms in total. The molecule has 0 spiro atoms. The fourth-order valence-electron chi connectivity index (χ4n) is 2.35. The van der Waals surface area contributed by atoms with E-state index in [1.807, 2.05) is 61.6 Å². The van der Waals surface area contributed by atoms with Crippen molar-refractivity contribution in [1.29, 1.82) is 0 Å². The van der Waals surface area contributed by atoms with E-state index in [2.05, 4.69) is 25.7 Å². The topological polar surface area (TPSA) is 76.4 Å². The second-order valence-corrected chi connectivity index (χ2v) is 5.64. The van der Waals surface area contributed by atoms with Gasteiger partial charge < -0.3 is 15.4 Å². The molecule has 0 bridgehead atoms. The van der Waals surface area contributed by atoms with E-state index < -0.39 is 0 Å². The summed E-state index contributed by atoms with van der Waals surface area (Å²) >= 11 is 0. The molecular weight excluding hydrogens is 455 g/mol. The van der Waals surface area contributed by atoms with Crippen LogP contribution in [-0.2, 0) is 20.1 Å². The zero-order valence-electron chi connectivity index (χ0n) is 15.3. The van der Waals surface area contributed by atoms with Crippen LogP contribution in [-0.4, -0.2) is 27.8 Å². The molecule has 142 valence electrons. The third-order valence-electron chi connectivity index (χ3n) is 3.80. The molecule has 27 heavy (non-hydrogen) atoms. The Morgan fingerprint density at radius 1 is 1.00 bits per heavy atom. The molecule has 3 aromatic rings. The molecule has 1 heterocycles. The summed E-state index contributed by atoms with van der Waals surface area (Å²) in [6.45, 7) is 1.21. The van der Waals surface area contributed by atoms with Crippen molar-refractivity contribution in [3.8, 4) is 11.5 Å². The van der Waals surface area contributed by atoms with Crippen molar-refractivity contribution < 1.29 is 4.74 Å². The molecule has 0 atom stereocenters. The average Bonchev–Trinajstić information content (AvgIpc) is 3.09. The van der Waals surface area contributed by atoms with Gasteiger partial charge in [-0.2, -0.15) is 5.10 Å². The highest BCUT2D eigenvalue weighted by Crippen LogP contribution is 2.20. The molecule has 2 aromatic carbocycles. The highest BCUT2D eigenvalue weighted by atomic mass is 127. The van der Waals surface area contributed by atoms with Crippen LogP contribution in [0.1, 0.15) is 11.4 Å². The number of rotatable bonds is 6. The number of hydrogen-bond acceptors (Lipinski definition) is 4. The molecule has 1 aromatic heterocycles. The first-order valence-corrected chi connectivity index (χ1v) is 8.34. The van der Waals surface area contributed by atoms with Gasteiger partial charge in [-0.05, 0) is 29.8 Å². The molecule has 0 aliphatic rings. The van der Waals surface area contributed by atoms with E-state index in [-0.39, 0.29) is 24.0 Å². The number of aryl methyl sites for hydroxylation is 1. The van der Waals surface area contributed by atoms with Crippen LogP contribution in [0.4, 0.5) is 0 Å². The Kier molecular flexibility index (Phi) is 8.05. The maximum atomic E-state index is 5.80. The highest BCUT2D eigenvalue weighted by molar-refractivity contribution is 14.0. The lowest BCUT2D eigenvalue weighted by molar-refractivity contribution is 0.482. The number of halogens is 1. The number of aliphatic imine (C=N–C) groups is 1. The summed E-state index contributed by atoms with van der Waals surface area (Å²) < 4.78 is 7.53. The van der Waals surface area contributed by atoms with Gasteiger partial charge in [-0.3, -0.25) is 9.67 Å². The number of guanidine groups is 1. The first kappa shape index (κ1) is 20.7. The first-order chi connectivity index (χ1) is 12.7. The summed E-state index contributed by atoms with van der Waals surface area (Å²) in [5.41, 5.74) is 1.13. The maximum Gasteiger partial charge on any atom is 0.191 e. The van der Waals surface area contributed by atoms with Crippen LogP contribution in [0.5, 0.6) is 11.5 Å². The largest absolute Gasteiger partial charge is 0.457 e. The smallest absolute Gasteiger partial charge is 0.191 e. The van der Waals surface area contributed by atoms with Crippen molar-refractivity contribution in [1.82, 2.24) is 25.4 Å². The van der Waals surface area contributed by atoms with Crippen LogP contribution in [0.15, 0.2) is 65.9 Å². The van der Waals surface area contributed by atoms with Crippen molar-refractivity contribution in [2.24, 2.45) is 12.0 Å². The molecule has 8 heteroatoms. The Labute approximate surface area is 175 Å². The van der Waals surface area contributed by atoms with E-state index in [0.717, 1.165) is 22.9 Å². The van der Waals surface area contributed by atoms with E-state index in [9.17, 15) is 0 Å². The van der Waals surface area contributed by atoms with Crippen LogP contribution in [0.25, 0.3) is 0 Å². The third-order valence-corrected chi connectivity index (χ3v) is 3.80. The SMILES string of the molecule is CN=C(NCc1ccc(Oc2ccccc2)cc1)NCc1ncnn1C.I.